The largest absolute Gasteiger partial charge is 0.478 e. The van der Waals surface area contributed by atoms with E-state index >= 15 is 0 Å². The normalized spacial score (nSPS) is 11.8. The second-order valence-corrected chi connectivity index (χ2v) is 18.1. The lowest BCUT2D eigenvalue weighted by Crippen LogP contribution is -2.27. The third kappa shape index (κ3) is 10.3. The van der Waals surface area contributed by atoms with Gasteiger partial charge in [-0.15, -0.1) is 5.92 Å². The van der Waals surface area contributed by atoms with Gasteiger partial charge in [-0.1, -0.05) is 47.3 Å². The Morgan fingerprint density at radius 1 is 0.737 bits per heavy atom. The van der Waals surface area contributed by atoms with Gasteiger partial charge in [0.15, 0.2) is 11.2 Å². The molecule has 0 saturated heterocycles. The van der Waals surface area contributed by atoms with Crippen LogP contribution in [0, 0.1) is 17.3 Å². The summed E-state index contributed by atoms with van der Waals surface area (Å²) in [6.45, 7) is 1.77. The highest BCUT2D eigenvalue weighted by Crippen LogP contribution is 2.47. The molecular weight excluding hydrogens is 1020 g/mol. The molecule has 2 heterocycles. The SMILES string of the molecule is CC#CCOCCNC(=O)c1ccc(-c2c3ccc(=O)c(CNC(=O)c4ccc(CNC(=O)c5cc(Cl)c(-c6c7ccc(=N)cc-7oc7cc(N)ccc67)c(C(=O)O)c5Cl)cc4)c-3oc3c2C=CC(=O)C3)c(C(=O)O)c1. The molecule has 3 aliphatic carbocycles. The molecule has 0 atom stereocenters. The first-order valence-electron chi connectivity index (χ1n) is 23.2. The maximum atomic E-state index is 13.7. The van der Waals surface area contributed by atoms with Crippen LogP contribution in [0.3, 0.4) is 0 Å². The molecule has 19 heteroatoms. The molecule has 9 rings (SSSR count). The molecule has 2 aliphatic heterocycles. The Morgan fingerprint density at radius 2 is 1.46 bits per heavy atom. The van der Waals surface area contributed by atoms with Gasteiger partial charge in [0.2, 0.25) is 0 Å². The van der Waals surface area contributed by atoms with E-state index < -0.39 is 40.7 Å². The molecule has 5 aliphatic rings. The number of ketones is 1. The zero-order chi connectivity index (χ0) is 53.9. The Labute approximate surface area is 441 Å². The zero-order valence-electron chi connectivity index (χ0n) is 39.9. The molecule has 0 bridgehead atoms. The van der Waals surface area contributed by atoms with Crippen molar-refractivity contribution in [3.05, 3.63) is 179 Å². The number of benzene rings is 6. The van der Waals surface area contributed by atoms with Crippen molar-refractivity contribution in [3.63, 3.8) is 0 Å². The molecule has 0 radical (unpaired) electrons. The second-order valence-electron chi connectivity index (χ2n) is 17.3. The van der Waals surface area contributed by atoms with Gasteiger partial charge in [-0.25, -0.2) is 9.59 Å². The van der Waals surface area contributed by atoms with Crippen molar-refractivity contribution in [2.75, 3.05) is 25.5 Å². The lowest BCUT2D eigenvalue weighted by Gasteiger charge is -2.23. The fourth-order valence-corrected chi connectivity index (χ4v) is 9.51. The number of allylic oxidation sites excluding steroid dienone is 1. The summed E-state index contributed by atoms with van der Waals surface area (Å²) in [5.41, 5.74) is 8.11. The number of nitrogens with one attached hydrogen (secondary N) is 4. The van der Waals surface area contributed by atoms with Crippen LogP contribution in [0.2, 0.25) is 10.0 Å². The Kier molecular flexibility index (Phi) is 14.7. The van der Waals surface area contributed by atoms with Crippen molar-refractivity contribution >= 4 is 81.4 Å². The maximum Gasteiger partial charge on any atom is 0.337 e. The number of hydrogen-bond acceptors (Lipinski definition) is 12. The standard InChI is InChI=1S/C57H41Cl2N5O12/c1-2-3-19-74-20-18-62-54(68)30-8-12-34(39(21-30)56(70)71)47-35-15-11-33(65)24-46(35)76-52-38(47)16-17-43(66)41(52)27-64-53(67)29-6-4-28(5-7-29)26-63-55(69)40-25-42(58)49(50(51(40)59)57(72)73)48-36-13-9-31(60)22-44(36)75-45-23-32(61)10-14-37(45)48/h4-17,21-23,25,60H,18-20,24,26-27,61H2,1H3,(H,62,68)(H,63,69)(H,64,67)(H,70,71)(H,72,73). The monoisotopic (exact) mass is 1060 g/mol. The van der Waals surface area contributed by atoms with E-state index in [1.54, 1.807) is 43.3 Å². The molecule has 380 valence electrons. The summed E-state index contributed by atoms with van der Waals surface area (Å²) in [6, 6.07) is 23.7. The number of nitrogens with two attached hydrogens (primary N) is 1. The number of nitrogen functional groups attached to an aromatic ring is 1. The summed E-state index contributed by atoms with van der Waals surface area (Å²) in [6.07, 6.45) is 2.65. The van der Waals surface area contributed by atoms with E-state index in [1.807, 2.05) is 0 Å². The minimum atomic E-state index is -1.46. The molecule has 0 unspecified atom stereocenters. The van der Waals surface area contributed by atoms with Crippen LogP contribution in [-0.4, -0.2) is 65.4 Å². The lowest BCUT2D eigenvalue weighted by atomic mass is 9.85. The number of carbonyl (C=O) groups excluding carboxylic acids is 4. The highest BCUT2D eigenvalue weighted by Gasteiger charge is 2.31. The number of halogens is 2. The van der Waals surface area contributed by atoms with Crippen LogP contribution in [0.4, 0.5) is 5.69 Å². The van der Waals surface area contributed by atoms with Crippen LogP contribution in [0.25, 0.3) is 61.9 Å². The number of ether oxygens (including phenoxy) is 1. The third-order valence-corrected chi connectivity index (χ3v) is 13.2. The van der Waals surface area contributed by atoms with Gasteiger partial charge in [-0.05, 0) is 96.9 Å². The summed E-state index contributed by atoms with van der Waals surface area (Å²) in [5.74, 6) is 0.901. The summed E-state index contributed by atoms with van der Waals surface area (Å²) in [4.78, 5) is 92.4. The number of aromatic carboxylic acids is 2. The average Bonchev–Trinajstić information content (AvgIpc) is 3.41. The minimum absolute atomic E-state index is 0.0140. The maximum absolute atomic E-state index is 13.7. The minimum Gasteiger partial charge on any atom is -0.478 e. The van der Waals surface area contributed by atoms with E-state index in [0.717, 1.165) is 0 Å². The number of carboxylic acid groups (broad SMARTS) is 2. The smallest absolute Gasteiger partial charge is 0.337 e. The van der Waals surface area contributed by atoms with Gasteiger partial charge in [0.05, 0.1) is 57.2 Å². The van der Waals surface area contributed by atoms with Crippen LogP contribution < -0.4 is 32.5 Å². The van der Waals surface area contributed by atoms with Crippen molar-refractivity contribution < 1.29 is 52.6 Å². The number of hydrogen-bond donors (Lipinski definition) is 7. The molecule has 3 amide bonds. The number of amides is 3. The van der Waals surface area contributed by atoms with Gasteiger partial charge in [0.25, 0.3) is 17.7 Å². The number of carboxylic acids is 2. The fourth-order valence-electron chi connectivity index (χ4n) is 8.89. The van der Waals surface area contributed by atoms with Crippen molar-refractivity contribution in [1.82, 2.24) is 16.0 Å². The number of fused-ring (bicyclic) bond motifs is 4. The first-order chi connectivity index (χ1) is 36.5. The first kappa shape index (κ1) is 51.6. The Morgan fingerprint density at radius 3 is 2.21 bits per heavy atom. The van der Waals surface area contributed by atoms with Gasteiger partial charge >= 0.3 is 11.9 Å². The van der Waals surface area contributed by atoms with E-state index in [1.165, 1.54) is 72.8 Å². The van der Waals surface area contributed by atoms with Gasteiger partial charge < -0.3 is 50.9 Å². The average molecular weight is 1060 g/mol. The Hall–Kier alpha value is -9.34. The van der Waals surface area contributed by atoms with E-state index in [-0.39, 0.29) is 117 Å². The van der Waals surface area contributed by atoms with Gasteiger partial charge in [0.1, 0.15) is 29.5 Å². The quantitative estimate of drug-likeness (QED) is 0.0220. The predicted octanol–water partition coefficient (Wildman–Crippen LogP) is 8.46. The van der Waals surface area contributed by atoms with E-state index in [9.17, 15) is 43.8 Å². The summed E-state index contributed by atoms with van der Waals surface area (Å²) in [5, 5.41) is 37.4. The summed E-state index contributed by atoms with van der Waals surface area (Å²) >= 11 is 13.6. The Balaban J connectivity index is 0.929. The van der Waals surface area contributed by atoms with Crippen molar-refractivity contribution in [2.45, 2.75) is 26.4 Å². The lowest BCUT2D eigenvalue weighted by molar-refractivity contribution is -0.114. The topological polar surface area (TPSA) is 281 Å². The van der Waals surface area contributed by atoms with Gasteiger partial charge in [0, 0.05) is 80.8 Å². The van der Waals surface area contributed by atoms with Crippen LogP contribution >= 0.6 is 23.2 Å². The number of carbonyl (C=O) groups is 6. The summed E-state index contributed by atoms with van der Waals surface area (Å²) in [7, 11) is 0. The van der Waals surface area contributed by atoms with Crippen molar-refractivity contribution in [1.29, 1.82) is 5.41 Å². The third-order valence-electron chi connectivity index (χ3n) is 12.5. The number of anilines is 1. The van der Waals surface area contributed by atoms with Gasteiger partial charge in [-0.3, -0.25) is 24.0 Å². The summed E-state index contributed by atoms with van der Waals surface area (Å²) < 4.78 is 17.6. The second kappa shape index (κ2) is 21.6. The number of rotatable bonds is 15. The van der Waals surface area contributed by atoms with Crippen LogP contribution in [0.1, 0.15) is 81.2 Å². The van der Waals surface area contributed by atoms with Crippen LogP contribution in [-0.2, 0) is 29.0 Å². The molecular formula is C57H41Cl2N5O12. The predicted molar refractivity (Wildman–Crippen MR) is 283 cm³/mol. The van der Waals surface area contributed by atoms with Crippen LogP contribution in [0.5, 0.6) is 0 Å². The zero-order valence-corrected chi connectivity index (χ0v) is 41.5. The van der Waals surface area contributed by atoms with Gasteiger partial charge in [-0.2, -0.15) is 0 Å². The highest BCUT2D eigenvalue weighted by molar-refractivity contribution is 6.41. The van der Waals surface area contributed by atoms with Crippen molar-refractivity contribution in [3.8, 4) is 56.7 Å². The Bertz CT molecular complexity index is 3930. The molecule has 0 spiro atoms. The van der Waals surface area contributed by atoms with Crippen molar-refractivity contribution in [2.24, 2.45) is 0 Å². The fraction of sp³-hybridized carbons (Fsp3) is 0.123. The molecule has 4 aromatic carbocycles. The van der Waals surface area contributed by atoms with E-state index in [0.29, 0.717) is 50.0 Å². The molecule has 76 heavy (non-hydrogen) atoms. The molecule has 17 nitrogen and oxygen atoms in total. The molecule has 0 saturated carbocycles. The molecule has 0 fully saturated rings. The molecule has 4 aromatic rings. The van der Waals surface area contributed by atoms with E-state index in [4.69, 9.17) is 47.9 Å². The van der Waals surface area contributed by atoms with E-state index in [2.05, 4.69) is 27.8 Å². The highest BCUT2D eigenvalue weighted by atomic mass is 35.5. The first-order valence-corrected chi connectivity index (χ1v) is 24.0. The molecule has 8 N–H and O–H groups in total. The molecule has 0 aromatic heterocycles. The van der Waals surface area contributed by atoms with Crippen LogP contribution in [0.15, 0.2) is 117 Å².